The average molecular weight is 471 g/mol. The number of nitrogens with two attached hydrogens (primary N) is 1. The van der Waals surface area contributed by atoms with Crippen LogP contribution in [0.1, 0.15) is 5.56 Å². The van der Waals surface area contributed by atoms with Gasteiger partial charge in [0.2, 0.25) is 15.9 Å². The molecule has 0 spiro atoms. The van der Waals surface area contributed by atoms with E-state index in [-0.39, 0.29) is 16.6 Å². The molecule has 0 aliphatic heterocycles. The van der Waals surface area contributed by atoms with E-state index in [1.807, 2.05) is 30.3 Å². The lowest BCUT2D eigenvalue weighted by Gasteiger charge is -2.06. The quantitative estimate of drug-likeness (QED) is 0.316. The predicted octanol–water partition coefficient (Wildman–Crippen LogP) is 3.41. The van der Waals surface area contributed by atoms with Crippen molar-refractivity contribution in [2.24, 2.45) is 5.14 Å². The molecular weight excluding hydrogens is 452 g/mol. The number of rotatable bonds is 7. The molecule has 3 N–H and O–H groups in total. The minimum Gasteiger partial charge on any atom is -0.351 e. The van der Waals surface area contributed by atoms with Crippen LogP contribution in [0.4, 0.5) is 0 Å². The molecule has 4 rings (SSSR count). The fourth-order valence-electron chi connectivity index (χ4n) is 2.88. The number of fused-ring (bicyclic) bond motifs is 1. The summed E-state index contributed by atoms with van der Waals surface area (Å²) in [4.78, 5) is 23.0. The van der Waals surface area contributed by atoms with Crippen molar-refractivity contribution in [3.63, 3.8) is 0 Å². The number of thioether (sulfide) groups is 1. The molecule has 2 aromatic carbocycles. The molecule has 0 aliphatic rings. The van der Waals surface area contributed by atoms with Gasteiger partial charge in [-0.2, -0.15) is 0 Å². The van der Waals surface area contributed by atoms with Crippen molar-refractivity contribution < 1.29 is 13.2 Å². The van der Waals surface area contributed by atoms with Gasteiger partial charge in [-0.3, -0.25) is 4.79 Å². The van der Waals surface area contributed by atoms with E-state index in [4.69, 9.17) is 5.14 Å². The van der Waals surface area contributed by atoms with Crippen molar-refractivity contribution >= 4 is 49.2 Å². The number of primary sulfonamides is 1. The van der Waals surface area contributed by atoms with Gasteiger partial charge in [-0.05, 0) is 29.3 Å². The number of carbonyl (C=O) groups excluding carboxylic acids is 1. The maximum atomic E-state index is 12.3. The number of aromatic nitrogens is 2. The predicted molar refractivity (Wildman–Crippen MR) is 123 cm³/mol. The van der Waals surface area contributed by atoms with Crippen molar-refractivity contribution in [3.8, 4) is 10.4 Å². The third kappa shape index (κ3) is 5.28. The molecule has 0 saturated heterocycles. The zero-order valence-corrected chi connectivity index (χ0v) is 18.6. The number of benzene rings is 2. The second kappa shape index (κ2) is 9.15. The number of nitrogens with one attached hydrogen (secondary N) is 1. The first-order chi connectivity index (χ1) is 14.9. The number of hydrogen-bond donors (Lipinski definition) is 2. The molecule has 0 fully saturated rings. The van der Waals surface area contributed by atoms with Gasteiger partial charge in [-0.15, -0.1) is 11.3 Å². The minimum atomic E-state index is -3.73. The maximum Gasteiger partial charge on any atom is 0.238 e. The van der Waals surface area contributed by atoms with E-state index in [0.29, 0.717) is 6.54 Å². The second-order valence-electron chi connectivity index (χ2n) is 6.63. The molecule has 31 heavy (non-hydrogen) atoms. The smallest absolute Gasteiger partial charge is 0.238 e. The van der Waals surface area contributed by atoms with Gasteiger partial charge in [0.15, 0.2) is 0 Å². The Balaban J connectivity index is 1.38. The van der Waals surface area contributed by atoms with Crippen molar-refractivity contribution in [2.45, 2.75) is 16.5 Å². The number of thiophene rings is 1. The SMILES string of the molecule is NS(=O)(=O)c1ccc(CNC(=O)CSc2ncnc3sc(-c4ccccc4)cc23)cc1. The Morgan fingerprint density at radius 2 is 1.81 bits per heavy atom. The van der Waals surface area contributed by atoms with Crippen molar-refractivity contribution in [1.82, 2.24) is 15.3 Å². The number of nitrogens with zero attached hydrogens (tertiary/aromatic N) is 2. The van der Waals surface area contributed by atoms with Crippen LogP contribution in [0.15, 0.2) is 76.9 Å². The molecule has 0 radical (unpaired) electrons. The van der Waals surface area contributed by atoms with Crippen molar-refractivity contribution in [3.05, 3.63) is 72.6 Å². The summed E-state index contributed by atoms with van der Waals surface area (Å²) in [6.07, 6.45) is 1.51. The molecule has 2 heterocycles. The number of sulfonamides is 1. The number of amides is 1. The van der Waals surface area contributed by atoms with E-state index < -0.39 is 10.0 Å². The second-order valence-corrected chi connectivity index (χ2v) is 10.2. The van der Waals surface area contributed by atoms with E-state index in [0.717, 1.165) is 31.2 Å². The maximum absolute atomic E-state index is 12.3. The van der Waals surface area contributed by atoms with Gasteiger partial charge in [0.05, 0.1) is 10.6 Å². The minimum absolute atomic E-state index is 0.0385. The summed E-state index contributed by atoms with van der Waals surface area (Å²) in [6.45, 7) is 0.292. The highest BCUT2D eigenvalue weighted by molar-refractivity contribution is 8.00. The Morgan fingerprint density at radius 1 is 1.06 bits per heavy atom. The Hall–Kier alpha value is -2.79. The van der Waals surface area contributed by atoms with Crippen LogP contribution in [0.5, 0.6) is 0 Å². The molecule has 2 aromatic heterocycles. The molecule has 1 amide bonds. The molecule has 7 nitrogen and oxygen atoms in total. The van der Waals surface area contributed by atoms with Crippen LogP contribution in [-0.2, 0) is 21.4 Å². The van der Waals surface area contributed by atoms with E-state index in [1.54, 1.807) is 23.5 Å². The first-order valence-corrected chi connectivity index (χ1v) is 12.6. The molecule has 0 aliphatic carbocycles. The highest BCUT2D eigenvalue weighted by Crippen LogP contribution is 2.35. The topological polar surface area (TPSA) is 115 Å². The molecule has 0 saturated carbocycles. The fourth-order valence-corrected chi connectivity index (χ4v) is 5.26. The van der Waals surface area contributed by atoms with Gasteiger partial charge < -0.3 is 5.32 Å². The molecule has 0 atom stereocenters. The summed E-state index contributed by atoms with van der Waals surface area (Å²) >= 11 is 2.95. The molecular formula is C21H18N4O3S3. The van der Waals surface area contributed by atoms with Crippen LogP contribution in [0.25, 0.3) is 20.7 Å². The van der Waals surface area contributed by atoms with Gasteiger partial charge in [-0.25, -0.2) is 23.5 Å². The third-order valence-corrected chi connectivity index (χ3v) is 7.46. The molecule has 4 aromatic rings. The van der Waals surface area contributed by atoms with E-state index >= 15 is 0 Å². The van der Waals surface area contributed by atoms with Gasteiger partial charge in [-0.1, -0.05) is 54.2 Å². The lowest BCUT2D eigenvalue weighted by Crippen LogP contribution is -2.24. The summed E-state index contributed by atoms with van der Waals surface area (Å²) in [6, 6.07) is 18.2. The van der Waals surface area contributed by atoms with Gasteiger partial charge >= 0.3 is 0 Å². The van der Waals surface area contributed by atoms with Gasteiger partial charge in [0, 0.05) is 16.8 Å². The molecule has 10 heteroatoms. The summed E-state index contributed by atoms with van der Waals surface area (Å²) in [5, 5.41) is 9.61. The van der Waals surface area contributed by atoms with Crippen LogP contribution >= 0.6 is 23.1 Å². The van der Waals surface area contributed by atoms with Crippen molar-refractivity contribution in [2.75, 3.05) is 5.75 Å². The third-order valence-electron chi connectivity index (χ3n) is 4.43. The largest absolute Gasteiger partial charge is 0.351 e. The average Bonchev–Trinajstić information content (AvgIpc) is 3.21. The van der Waals surface area contributed by atoms with E-state index in [2.05, 4.69) is 21.4 Å². The van der Waals surface area contributed by atoms with Crippen LogP contribution in [0, 0.1) is 0 Å². The first-order valence-electron chi connectivity index (χ1n) is 9.21. The van der Waals surface area contributed by atoms with Gasteiger partial charge in [0.1, 0.15) is 16.2 Å². The highest BCUT2D eigenvalue weighted by atomic mass is 32.2. The Kier molecular flexibility index (Phi) is 6.33. The number of hydrogen-bond acceptors (Lipinski definition) is 7. The molecule has 0 bridgehead atoms. The zero-order valence-electron chi connectivity index (χ0n) is 16.2. The lowest BCUT2D eigenvalue weighted by atomic mass is 10.2. The summed E-state index contributed by atoms with van der Waals surface area (Å²) in [7, 11) is -3.73. The normalized spacial score (nSPS) is 11.5. The summed E-state index contributed by atoms with van der Waals surface area (Å²) < 4.78 is 22.6. The monoisotopic (exact) mass is 470 g/mol. The fraction of sp³-hybridized carbons (Fsp3) is 0.0952. The summed E-state index contributed by atoms with van der Waals surface area (Å²) in [5.41, 5.74) is 1.90. The molecule has 0 unspecified atom stereocenters. The standard InChI is InChI=1S/C21H18N4O3S3/c22-31(27,28)16-8-6-14(7-9-16)11-23-19(26)12-29-20-17-10-18(15-4-2-1-3-5-15)30-21(17)25-13-24-20/h1-10,13H,11-12H2,(H,23,26)(H2,22,27,28). The number of carbonyl (C=O) groups is 1. The Bertz CT molecular complexity index is 1320. The zero-order chi connectivity index (χ0) is 21.8. The Morgan fingerprint density at radius 3 is 2.52 bits per heavy atom. The summed E-state index contributed by atoms with van der Waals surface area (Å²) in [5.74, 6) is 0.0588. The van der Waals surface area contributed by atoms with Crippen LogP contribution in [-0.4, -0.2) is 30.0 Å². The first kappa shape index (κ1) is 21.4. The van der Waals surface area contributed by atoms with Crippen LogP contribution in [0.3, 0.4) is 0 Å². The lowest BCUT2D eigenvalue weighted by molar-refractivity contribution is -0.118. The highest BCUT2D eigenvalue weighted by Gasteiger charge is 2.12. The Labute approximate surface area is 187 Å². The van der Waals surface area contributed by atoms with E-state index in [9.17, 15) is 13.2 Å². The van der Waals surface area contributed by atoms with E-state index in [1.165, 1.54) is 30.2 Å². The van der Waals surface area contributed by atoms with Crippen LogP contribution < -0.4 is 10.5 Å². The van der Waals surface area contributed by atoms with Gasteiger partial charge in [0.25, 0.3) is 0 Å². The van der Waals surface area contributed by atoms with Crippen LogP contribution in [0.2, 0.25) is 0 Å². The van der Waals surface area contributed by atoms with Crippen molar-refractivity contribution in [1.29, 1.82) is 0 Å². The molecule has 158 valence electrons.